The van der Waals surface area contributed by atoms with Crippen molar-refractivity contribution in [3.8, 4) is 0 Å². The number of aliphatic hydroxyl groups excluding tert-OH is 1. The molecule has 4 heterocycles. The van der Waals surface area contributed by atoms with E-state index in [4.69, 9.17) is 4.74 Å². The first-order valence-electron chi connectivity index (χ1n) is 11.3. The first kappa shape index (κ1) is 24.3. The Morgan fingerprint density at radius 1 is 1.44 bits per heavy atom. The summed E-state index contributed by atoms with van der Waals surface area (Å²) in [6, 6.07) is -0.490. The van der Waals surface area contributed by atoms with Gasteiger partial charge in [0.15, 0.2) is 0 Å². The van der Waals surface area contributed by atoms with Gasteiger partial charge in [0.2, 0.25) is 5.91 Å². The molecule has 184 valence electrons. The second-order valence-electron chi connectivity index (χ2n) is 9.15. The van der Waals surface area contributed by atoms with E-state index in [2.05, 4.69) is 11.7 Å². The summed E-state index contributed by atoms with van der Waals surface area (Å²) in [6.45, 7) is 7.55. The van der Waals surface area contributed by atoms with Gasteiger partial charge in [-0.25, -0.2) is 9.59 Å². The van der Waals surface area contributed by atoms with Gasteiger partial charge in [-0.05, 0) is 25.3 Å². The summed E-state index contributed by atoms with van der Waals surface area (Å²) in [5.74, 6) is -2.32. The Hall–Kier alpha value is -2.79. The van der Waals surface area contributed by atoms with E-state index in [9.17, 15) is 24.6 Å². The molecular formula is C23H30N4O6S. The number of hydrogen-bond acceptors (Lipinski definition) is 7. The predicted molar refractivity (Wildman–Crippen MR) is 125 cm³/mol. The second kappa shape index (κ2) is 9.46. The number of carboxylic acids is 1. The summed E-state index contributed by atoms with van der Waals surface area (Å²) in [5, 5.41) is 24.1. The summed E-state index contributed by atoms with van der Waals surface area (Å²) < 4.78 is 7.01. The summed E-state index contributed by atoms with van der Waals surface area (Å²) in [6.07, 6.45) is 5.16. The monoisotopic (exact) mass is 490 g/mol. The SMILES string of the molecule is C=CCOC(=O)N1C[C@@H](SC2=C(C(=O)O)N3C(=O)[C@H]([C@@H](C)O)[C@H]3[C@H]2C)C[C@@H]1Cc1cnn(C)c1. The fourth-order valence-electron chi connectivity index (χ4n) is 5.30. The number of aromatic nitrogens is 2. The molecule has 0 aromatic carbocycles. The van der Waals surface area contributed by atoms with Crippen LogP contribution in [0.5, 0.6) is 0 Å². The van der Waals surface area contributed by atoms with Crippen LogP contribution in [0.25, 0.3) is 0 Å². The number of aryl methyl sites for hydroxylation is 1. The lowest BCUT2D eigenvalue weighted by Crippen LogP contribution is -2.63. The summed E-state index contributed by atoms with van der Waals surface area (Å²) >= 11 is 1.42. The van der Waals surface area contributed by atoms with E-state index in [1.165, 1.54) is 22.7 Å². The van der Waals surface area contributed by atoms with Gasteiger partial charge in [0, 0.05) is 41.9 Å². The van der Waals surface area contributed by atoms with Gasteiger partial charge < -0.3 is 24.7 Å². The van der Waals surface area contributed by atoms with Crippen molar-refractivity contribution in [2.45, 2.75) is 50.1 Å². The van der Waals surface area contributed by atoms with E-state index in [0.717, 1.165) is 5.56 Å². The minimum absolute atomic E-state index is 0.000827. The Balaban J connectivity index is 1.55. The normalized spacial score (nSPS) is 29.2. The van der Waals surface area contributed by atoms with Crippen molar-refractivity contribution in [3.63, 3.8) is 0 Å². The van der Waals surface area contributed by atoms with Crippen molar-refractivity contribution in [1.82, 2.24) is 19.6 Å². The van der Waals surface area contributed by atoms with Gasteiger partial charge in [0.1, 0.15) is 12.3 Å². The highest BCUT2D eigenvalue weighted by atomic mass is 32.2. The Morgan fingerprint density at radius 2 is 2.18 bits per heavy atom. The van der Waals surface area contributed by atoms with Crippen molar-refractivity contribution in [3.05, 3.63) is 41.2 Å². The lowest BCUT2D eigenvalue weighted by atomic mass is 9.79. The predicted octanol–water partition coefficient (Wildman–Crippen LogP) is 1.61. The van der Waals surface area contributed by atoms with Crippen LogP contribution in [0.1, 0.15) is 25.8 Å². The highest BCUT2D eigenvalue weighted by Gasteiger charge is 2.60. The number of carboxylic acid groups (broad SMARTS) is 1. The molecule has 10 nitrogen and oxygen atoms in total. The number of ether oxygens (including phenoxy) is 1. The van der Waals surface area contributed by atoms with Crippen LogP contribution >= 0.6 is 11.8 Å². The minimum Gasteiger partial charge on any atom is -0.477 e. The number of hydrogen-bond donors (Lipinski definition) is 2. The van der Waals surface area contributed by atoms with E-state index >= 15 is 0 Å². The number of rotatable bonds is 8. The third-order valence-corrected chi connectivity index (χ3v) is 8.26. The summed E-state index contributed by atoms with van der Waals surface area (Å²) in [4.78, 5) is 41.1. The molecule has 2 amide bonds. The van der Waals surface area contributed by atoms with Gasteiger partial charge >= 0.3 is 12.1 Å². The van der Waals surface area contributed by atoms with Crippen LogP contribution < -0.4 is 0 Å². The van der Waals surface area contributed by atoms with Gasteiger partial charge in [0.05, 0.1) is 24.3 Å². The van der Waals surface area contributed by atoms with Crippen LogP contribution in [0.15, 0.2) is 35.7 Å². The molecule has 0 spiro atoms. The fraction of sp³-hybridized carbons (Fsp3) is 0.565. The molecule has 3 aliphatic heterocycles. The number of likely N-dealkylation sites (tertiary alicyclic amines) is 1. The minimum atomic E-state index is -1.15. The molecule has 0 unspecified atom stereocenters. The van der Waals surface area contributed by atoms with Crippen LogP contribution in [0, 0.1) is 11.8 Å². The third kappa shape index (κ3) is 4.22. The van der Waals surface area contributed by atoms with Gasteiger partial charge in [-0.1, -0.05) is 19.6 Å². The Labute approximate surface area is 202 Å². The number of aliphatic hydroxyl groups is 1. The summed E-state index contributed by atoms with van der Waals surface area (Å²) in [5.41, 5.74) is 0.995. The lowest BCUT2D eigenvalue weighted by molar-refractivity contribution is -0.163. The van der Waals surface area contributed by atoms with Crippen LogP contribution in [0.2, 0.25) is 0 Å². The zero-order chi connectivity index (χ0) is 24.7. The fourth-order valence-corrected chi connectivity index (χ4v) is 6.86. The smallest absolute Gasteiger partial charge is 0.410 e. The molecular weight excluding hydrogens is 460 g/mol. The highest BCUT2D eigenvalue weighted by molar-refractivity contribution is 8.03. The van der Waals surface area contributed by atoms with E-state index in [0.29, 0.717) is 24.3 Å². The van der Waals surface area contributed by atoms with Crippen LogP contribution in [0.4, 0.5) is 4.79 Å². The standard InChI is InChI=1S/C23H30N4O6S/c1-5-6-33-23(32)26-11-16(8-15(26)7-14-9-24-25(4)10-14)34-20-12(2)18-17(13(3)28)21(29)27(18)19(20)22(30)31/h5,9-10,12-13,15-18,28H,1,6-8,11H2,2-4H3,(H,30,31)/t12-,13-,15+,16+,17-,18-/m1/s1. The molecule has 1 aromatic rings. The number of amides is 2. The molecule has 0 bridgehead atoms. The molecule has 2 N–H and O–H groups in total. The van der Waals surface area contributed by atoms with Crippen LogP contribution in [-0.4, -0.2) is 84.4 Å². The van der Waals surface area contributed by atoms with Gasteiger partial charge in [-0.2, -0.15) is 5.10 Å². The average Bonchev–Trinajstić information content (AvgIpc) is 3.42. The zero-order valence-corrected chi connectivity index (χ0v) is 20.3. The van der Waals surface area contributed by atoms with Crippen molar-refractivity contribution in [1.29, 1.82) is 0 Å². The number of carbonyl (C=O) groups excluding carboxylic acids is 2. The molecule has 6 atom stereocenters. The second-order valence-corrected chi connectivity index (χ2v) is 10.5. The highest BCUT2D eigenvalue weighted by Crippen LogP contribution is 2.52. The molecule has 3 aliphatic rings. The number of thioether (sulfide) groups is 1. The molecule has 0 radical (unpaired) electrons. The van der Waals surface area contributed by atoms with E-state index < -0.39 is 24.1 Å². The van der Waals surface area contributed by atoms with Gasteiger partial charge in [0.25, 0.3) is 0 Å². The maximum Gasteiger partial charge on any atom is 0.410 e. The number of fused-ring (bicyclic) bond motifs is 1. The van der Waals surface area contributed by atoms with Gasteiger partial charge in [-0.3, -0.25) is 9.48 Å². The molecule has 1 aromatic heterocycles. The van der Waals surface area contributed by atoms with E-state index in [1.807, 2.05) is 20.2 Å². The van der Waals surface area contributed by atoms with E-state index in [1.54, 1.807) is 22.7 Å². The first-order chi connectivity index (χ1) is 16.1. The van der Waals surface area contributed by atoms with Crippen molar-refractivity contribution in [2.24, 2.45) is 18.9 Å². The lowest BCUT2D eigenvalue weighted by Gasteiger charge is -2.46. The molecule has 2 fully saturated rings. The number of nitrogens with zero attached hydrogens (tertiary/aromatic N) is 4. The van der Waals surface area contributed by atoms with Crippen molar-refractivity contribution >= 4 is 29.7 Å². The van der Waals surface area contributed by atoms with Crippen molar-refractivity contribution in [2.75, 3.05) is 13.2 Å². The van der Waals surface area contributed by atoms with Crippen LogP contribution in [-0.2, 0) is 27.8 Å². The third-order valence-electron chi connectivity index (χ3n) is 6.77. The Kier molecular flexibility index (Phi) is 6.77. The number of β-lactam (4-membered cyclic amide) rings is 1. The largest absolute Gasteiger partial charge is 0.477 e. The summed E-state index contributed by atoms with van der Waals surface area (Å²) in [7, 11) is 1.83. The topological polar surface area (TPSA) is 125 Å². The molecule has 11 heteroatoms. The number of carbonyl (C=O) groups is 3. The Morgan fingerprint density at radius 3 is 2.76 bits per heavy atom. The molecule has 0 aliphatic carbocycles. The quantitative estimate of drug-likeness (QED) is 0.416. The van der Waals surface area contributed by atoms with Gasteiger partial charge in [-0.15, -0.1) is 11.8 Å². The molecule has 0 saturated carbocycles. The van der Waals surface area contributed by atoms with Crippen molar-refractivity contribution < 1.29 is 29.3 Å². The Bertz CT molecular complexity index is 1040. The molecule has 34 heavy (non-hydrogen) atoms. The number of aliphatic carboxylic acids is 1. The first-order valence-corrected chi connectivity index (χ1v) is 12.2. The zero-order valence-electron chi connectivity index (χ0n) is 19.5. The molecule has 2 saturated heterocycles. The van der Waals surface area contributed by atoms with Crippen LogP contribution in [0.3, 0.4) is 0 Å². The molecule has 4 rings (SSSR count). The van der Waals surface area contributed by atoms with E-state index in [-0.39, 0.29) is 41.5 Å². The maximum atomic E-state index is 12.7. The average molecular weight is 491 g/mol. The maximum absolute atomic E-state index is 12.7.